The summed E-state index contributed by atoms with van der Waals surface area (Å²) in [5.74, 6) is 0. The van der Waals surface area contributed by atoms with Gasteiger partial charge in [0.25, 0.3) is 0 Å². The summed E-state index contributed by atoms with van der Waals surface area (Å²) in [5, 5.41) is 10.3. The van der Waals surface area contributed by atoms with Crippen molar-refractivity contribution in [3.8, 4) is 6.07 Å². The van der Waals surface area contributed by atoms with Gasteiger partial charge in [0.05, 0.1) is 18.2 Å². The highest BCUT2D eigenvalue weighted by molar-refractivity contribution is 6.74. The summed E-state index contributed by atoms with van der Waals surface area (Å²) in [6.07, 6.45) is 3.54. The maximum Gasteiger partial charge on any atom is 0.191 e. The van der Waals surface area contributed by atoms with Crippen molar-refractivity contribution in [2.45, 2.75) is 63.8 Å². The molecular formula is C27H38N2OSi. The fraction of sp³-hybridized carbons (Fsp3) is 0.444. The lowest BCUT2D eigenvalue weighted by molar-refractivity contribution is 0.188. The largest absolute Gasteiger partial charge is 0.417 e. The molecule has 2 aromatic rings. The Kier molecular flexibility index (Phi) is 9.25. The van der Waals surface area contributed by atoms with Gasteiger partial charge in [-0.25, -0.2) is 0 Å². The minimum atomic E-state index is -1.77. The van der Waals surface area contributed by atoms with Gasteiger partial charge in [-0.05, 0) is 42.1 Å². The summed E-state index contributed by atoms with van der Waals surface area (Å²) in [6, 6.07) is 23.2. The molecule has 1 unspecified atom stereocenters. The number of nitriles is 1. The van der Waals surface area contributed by atoms with Crippen LogP contribution in [-0.2, 0) is 4.43 Å². The minimum Gasteiger partial charge on any atom is -0.417 e. The Balaban J connectivity index is 2.21. The van der Waals surface area contributed by atoms with Gasteiger partial charge in [-0.3, -0.25) is 4.90 Å². The second kappa shape index (κ2) is 11.4. The van der Waals surface area contributed by atoms with E-state index in [1.54, 1.807) is 0 Å². The number of hydrogen-bond acceptors (Lipinski definition) is 3. The molecule has 0 saturated heterocycles. The predicted molar refractivity (Wildman–Crippen MR) is 133 cm³/mol. The zero-order valence-electron chi connectivity index (χ0n) is 19.8. The molecule has 0 fully saturated rings. The van der Waals surface area contributed by atoms with Crippen LogP contribution in [0.4, 0.5) is 0 Å². The van der Waals surface area contributed by atoms with Gasteiger partial charge in [-0.15, -0.1) is 6.58 Å². The minimum absolute atomic E-state index is 0.00589. The van der Waals surface area contributed by atoms with Crippen LogP contribution in [-0.4, -0.2) is 32.4 Å². The molecule has 3 nitrogen and oxygen atoms in total. The predicted octanol–water partition coefficient (Wildman–Crippen LogP) is 6.96. The Morgan fingerprint density at radius 3 is 1.97 bits per heavy atom. The van der Waals surface area contributed by atoms with E-state index in [0.29, 0.717) is 13.2 Å². The van der Waals surface area contributed by atoms with E-state index < -0.39 is 8.32 Å². The van der Waals surface area contributed by atoms with Crippen molar-refractivity contribution in [2.75, 3.05) is 13.2 Å². The van der Waals surface area contributed by atoms with Crippen molar-refractivity contribution in [1.29, 1.82) is 5.26 Å². The molecule has 166 valence electrons. The second-order valence-corrected chi connectivity index (χ2v) is 14.4. The first-order valence-electron chi connectivity index (χ1n) is 11.2. The average molecular weight is 435 g/mol. The van der Waals surface area contributed by atoms with Crippen LogP contribution in [0.25, 0.3) is 0 Å². The molecule has 2 aromatic carbocycles. The third-order valence-corrected chi connectivity index (χ3v) is 10.9. The molecule has 0 bridgehead atoms. The molecule has 0 amide bonds. The first kappa shape index (κ1) is 25.1. The van der Waals surface area contributed by atoms with Gasteiger partial charge >= 0.3 is 0 Å². The van der Waals surface area contributed by atoms with E-state index in [9.17, 15) is 5.26 Å². The molecule has 0 spiro atoms. The van der Waals surface area contributed by atoms with E-state index in [4.69, 9.17) is 4.43 Å². The molecule has 0 aliphatic rings. The molecule has 0 aromatic heterocycles. The third kappa shape index (κ3) is 6.90. The van der Waals surface area contributed by atoms with E-state index in [2.05, 4.69) is 99.9 Å². The Bertz CT molecular complexity index is 798. The molecule has 0 saturated carbocycles. The fourth-order valence-corrected chi connectivity index (χ4v) is 4.62. The summed E-state index contributed by atoms with van der Waals surface area (Å²) in [5.41, 5.74) is 2.38. The van der Waals surface area contributed by atoms with Gasteiger partial charge in [0.2, 0.25) is 0 Å². The number of benzene rings is 2. The van der Waals surface area contributed by atoms with Crippen molar-refractivity contribution in [3.63, 3.8) is 0 Å². The summed E-state index contributed by atoms with van der Waals surface area (Å²) in [4.78, 5) is 2.27. The monoisotopic (exact) mass is 434 g/mol. The van der Waals surface area contributed by atoms with E-state index in [1.165, 1.54) is 11.1 Å². The molecule has 0 aliphatic heterocycles. The maximum absolute atomic E-state index is 10.1. The van der Waals surface area contributed by atoms with E-state index in [-0.39, 0.29) is 17.1 Å². The van der Waals surface area contributed by atoms with Crippen LogP contribution in [0.2, 0.25) is 18.1 Å². The molecule has 2 rings (SSSR count). The first-order valence-corrected chi connectivity index (χ1v) is 14.1. The lowest BCUT2D eigenvalue weighted by Crippen LogP contribution is -2.41. The molecule has 0 N–H and O–H groups in total. The van der Waals surface area contributed by atoms with Gasteiger partial charge in [-0.2, -0.15) is 5.26 Å². The van der Waals surface area contributed by atoms with Crippen LogP contribution >= 0.6 is 0 Å². The van der Waals surface area contributed by atoms with E-state index >= 15 is 0 Å². The van der Waals surface area contributed by atoms with E-state index in [1.807, 2.05) is 18.2 Å². The lowest BCUT2D eigenvalue weighted by Gasteiger charge is -2.37. The highest BCUT2D eigenvalue weighted by Crippen LogP contribution is 2.37. The van der Waals surface area contributed by atoms with Crippen LogP contribution in [0.3, 0.4) is 0 Å². The molecule has 4 heteroatoms. The highest BCUT2D eigenvalue weighted by atomic mass is 28.4. The fourth-order valence-electron chi connectivity index (χ4n) is 3.53. The van der Waals surface area contributed by atoms with Gasteiger partial charge < -0.3 is 4.43 Å². The van der Waals surface area contributed by atoms with Gasteiger partial charge in [-0.1, -0.05) is 87.5 Å². The van der Waals surface area contributed by atoms with Crippen molar-refractivity contribution in [2.24, 2.45) is 0 Å². The third-order valence-electron chi connectivity index (χ3n) is 6.34. The van der Waals surface area contributed by atoms with Gasteiger partial charge in [0, 0.05) is 13.2 Å². The standard InChI is InChI=1S/C27H38N2OSi/c1-7-20-29(25(22-28)19-14-21-30-31(5,6)27(2,3)4)26(23-15-10-8-11-16-23)24-17-12-9-13-18-24/h7-13,15-18,25-26H,1,14,19-21H2,2-6H3. The molecule has 0 heterocycles. The molecule has 0 radical (unpaired) electrons. The summed E-state index contributed by atoms with van der Waals surface area (Å²) in [7, 11) is -1.77. The second-order valence-electron chi connectivity index (χ2n) is 9.61. The number of hydrogen-bond donors (Lipinski definition) is 0. The Labute approximate surface area is 190 Å². The SMILES string of the molecule is C=CCN(C(C#N)CCCO[Si](C)(C)C(C)(C)C)C(c1ccccc1)c1ccccc1. The van der Waals surface area contributed by atoms with Crippen molar-refractivity contribution in [1.82, 2.24) is 4.90 Å². The average Bonchev–Trinajstić information content (AvgIpc) is 2.74. The summed E-state index contributed by atoms with van der Waals surface area (Å²) in [6.45, 7) is 16.7. The topological polar surface area (TPSA) is 36.3 Å². The van der Waals surface area contributed by atoms with Crippen molar-refractivity contribution in [3.05, 3.63) is 84.4 Å². The van der Waals surface area contributed by atoms with Crippen LogP contribution in [0.1, 0.15) is 50.8 Å². The Morgan fingerprint density at radius 1 is 1.03 bits per heavy atom. The van der Waals surface area contributed by atoms with Crippen LogP contribution in [0.5, 0.6) is 0 Å². The quantitative estimate of drug-likeness (QED) is 0.218. The number of rotatable bonds is 11. The smallest absolute Gasteiger partial charge is 0.191 e. The summed E-state index contributed by atoms with van der Waals surface area (Å²) < 4.78 is 6.35. The van der Waals surface area contributed by atoms with Crippen LogP contribution in [0.15, 0.2) is 73.3 Å². The van der Waals surface area contributed by atoms with Gasteiger partial charge in [0.1, 0.15) is 0 Å². The zero-order chi connectivity index (χ0) is 22.9. The normalized spacial score (nSPS) is 13.2. The van der Waals surface area contributed by atoms with Crippen LogP contribution in [0, 0.1) is 11.3 Å². The number of nitrogens with zero attached hydrogens (tertiary/aromatic N) is 2. The lowest BCUT2D eigenvalue weighted by atomic mass is 9.94. The maximum atomic E-state index is 10.1. The Morgan fingerprint density at radius 2 is 1.55 bits per heavy atom. The summed E-state index contributed by atoms with van der Waals surface area (Å²) >= 11 is 0. The molecule has 1 atom stereocenters. The Hall–Kier alpha value is -2.19. The van der Waals surface area contributed by atoms with Crippen LogP contribution < -0.4 is 0 Å². The van der Waals surface area contributed by atoms with Crippen molar-refractivity contribution < 1.29 is 4.43 Å². The molecular weight excluding hydrogens is 396 g/mol. The molecule has 31 heavy (non-hydrogen) atoms. The van der Waals surface area contributed by atoms with Crippen molar-refractivity contribution >= 4 is 8.32 Å². The van der Waals surface area contributed by atoms with Gasteiger partial charge in [0.15, 0.2) is 8.32 Å². The highest BCUT2D eigenvalue weighted by Gasteiger charge is 2.37. The van der Waals surface area contributed by atoms with E-state index in [0.717, 1.165) is 12.8 Å². The molecule has 0 aliphatic carbocycles. The zero-order valence-corrected chi connectivity index (χ0v) is 20.8. The first-order chi connectivity index (χ1) is 14.7.